The summed E-state index contributed by atoms with van der Waals surface area (Å²) in [6, 6.07) is 7.48. The number of nitrogens with zero attached hydrogens (tertiary/aromatic N) is 1. The molecule has 2 atom stereocenters. The molecular formula is C17H25NO3. The zero-order valence-corrected chi connectivity index (χ0v) is 12.9. The number of aliphatic hydroxyl groups is 1. The van der Waals surface area contributed by atoms with Gasteiger partial charge in [0.1, 0.15) is 5.75 Å². The molecule has 0 bridgehead atoms. The molecule has 1 aromatic rings. The van der Waals surface area contributed by atoms with E-state index in [9.17, 15) is 9.90 Å². The van der Waals surface area contributed by atoms with Crippen LogP contribution >= 0.6 is 0 Å². The van der Waals surface area contributed by atoms with Crippen LogP contribution in [0.25, 0.3) is 0 Å². The second kappa shape index (κ2) is 7.46. The van der Waals surface area contributed by atoms with Crippen LogP contribution in [0.2, 0.25) is 0 Å². The Labute approximate surface area is 126 Å². The molecule has 0 aromatic heterocycles. The van der Waals surface area contributed by atoms with E-state index in [-0.39, 0.29) is 11.8 Å². The van der Waals surface area contributed by atoms with E-state index in [0.717, 1.165) is 37.1 Å². The smallest absolute Gasteiger partial charge is 0.225 e. The Bertz CT molecular complexity index is 458. The lowest BCUT2D eigenvalue weighted by Crippen LogP contribution is -2.42. The van der Waals surface area contributed by atoms with Crippen LogP contribution < -0.4 is 4.74 Å². The first-order chi connectivity index (χ1) is 10.1. The molecule has 1 aromatic carbocycles. The van der Waals surface area contributed by atoms with Crippen LogP contribution in [0.3, 0.4) is 0 Å². The van der Waals surface area contributed by atoms with Crippen LogP contribution in [-0.4, -0.2) is 35.6 Å². The van der Waals surface area contributed by atoms with Gasteiger partial charge >= 0.3 is 0 Å². The maximum atomic E-state index is 12.1. The number of hydrogen-bond acceptors (Lipinski definition) is 3. The summed E-state index contributed by atoms with van der Waals surface area (Å²) in [5.74, 6) is 1.05. The van der Waals surface area contributed by atoms with Crippen molar-refractivity contribution in [2.75, 3.05) is 19.7 Å². The van der Waals surface area contributed by atoms with Crippen molar-refractivity contribution in [3.8, 4) is 5.75 Å². The highest BCUT2D eigenvalue weighted by Gasteiger charge is 2.26. The van der Waals surface area contributed by atoms with Gasteiger partial charge in [0.15, 0.2) is 0 Å². The number of hydrogen-bond donors (Lipinski definition) is 1. The van der Waals surface area contributed by atoms with E-state index in [0.29, 0.717) is 13.2 Å². The third kappa shape index (κ3) is 4.21. The summed E-state index contributed by atoms with van der Waals surface area (Å²) in [4.78, 5) is 13.8. The van der Waals surface area contributed by atoms with Crippen molar-refractivity contribution in [2.45, 2.75) is 39.2 Å². The van der Waals surface area contributed by atoms with Gasteiger partial charge in [-0.1, -0.05) is 26.0 Å². The highest BCUT2D eigenvalue weighted by molar-refractivity contribution is 5.79. The number of ether oxygens (including phenoxy) is 1. The van der Waals surface area contributed by atoms with Crippen molar-refractivity contribution >= 4 is 5.91 Å². The SMILES string of the molecule is CCCOc1ccc(C(O)CN2CCCC(C)C2=O)cc1. The molecule has 0 spiro atoms. The Kier molecular flexibility index (Phi) is 5.62. The van der Waals surface area contributed by atoms with Gasteiger partial charge in [-0.15, -0.1) is 0 Å². The molecule has 1 fully saturated rings. The number of rotatable bonds is 6. The summed E-state index contributed by atoms with van der Waals surface area (Å²) in [6.45, 7) is 5.84. The normalized spacial score (nSPS) is 20.4. The van der Waals surface area contributed by atoms with Crippen LogP contribution in [-0.2, 0) is 4.79 Å². The molecular weight excluding hydrogens is 266 g/mol. The first kappa shape index (κ1) is 15.8. The lowest BCUT2D eigenvalue weighted by molar-refractivity contribution is -0.139. The maximum absolute atomic E-state index is 12.1. The quantitative estimate of drug-likeness (QED) is 0.877. The molecule has 1 aliphatic heterocycles. The number of amides is 1. The maximum Gasteiger partial charge on any atom is 0.225 e. The van der Waals surface area contributed by atoms with Gasteiger partial charge in [-0.25, -0.2) is 0 Å². The van der Waals surface area contributed by atoms with Crippen molar-refractivity contribution in [3.05, 3.63) is 29.8 Å². The standard InChI is InChI=1S/C17H25NO3/c1-3-11-21-15-8-6-14(7-9-15)16(19)12-18-10-4-5-13(2)17(18)20/h6-9,13,16,19H,3-5,10-12H2,1-2H3. The van der Waals surface area contributed by atoms with E-state index < -0.39 is 6.10 Å². The lowest BCUT2D eigenvalue weighted by atomic mass is 9.98. The molecule has 4 heteroatoms. The highest BCUT2D eigenvalue weighted by Crippen LogP contribution is 2.22. The summed E-state index contributed by atoms with van der Waals surface area (Å²) in [7, 11) is 0. The van der Waals surface area contributed by atoms with Gasteiger partial charge in [0, 0.05) is 12.5 Å². The molecule has 1 amide bonds. The first-order valence-electron chi connectivity index (χ1n) is 7.81. The molecule has 21 heavy (non-hydrogen) atoms. The summed E-state index contributed by atoms with van der Waals surface area (Å²) in [5.41, 5.74) is 0.824. The average molecular weight is 291 g/mol. The first-order valence-corrected chi connectivity index (χ1v) is 7.81. The van der Waals surface area contributed by atoms with Gasteiger partial charge in [-0.3, -0.25) is 4.79 Å². The minimum Gasteiger partial charge on any atom is -0.494 e. The van der Waals surface area contributed by atoms with Crippen molar-refractivity contribution in [2.24, 2.45) is 5.92 Å². The van der Waals surface area contributed by atoms with Crippen LogP contribution in [0, 0.1) is 5.92 Å². The van der Waals surface area contributed by atoms with Gasteiger partial charge in [-0.2, -0.15) is 0 Å². The molecule has 116 valence electrons. The van der Waals surface area contributed by atoms with E-state index in [4.69, 9.17) is 4.74 Å². The largest absolute Gasteiger partial charge is 0.494 e. The third-order valence-electron chi connectivity index (χ3n) is 3.93. The van der Waals surface area contributed by atoms with Gasteiger partial charge in [0.25, 0.3) is 0 Å². The summed E-state index contributed by atoms with van der Waals surface area (Å²) in [5, 5.41) is 10.3. The van der Waals surface area contributed by atoms with Crippen molar-refractivity contribution in [1.29, 1.82) is 0 Å². The second-order valence-corrected chi connectivity index (χ2v) is 5.76. The van der Waals surface area contributed by atoms with E-state index in [1.807, 2.05) is 31.2 Å². The number of carbonyl (C=O) groups is 1. The molecule has 2 rings (SSSR count). The molecule has 1 heterocycles. The number of carbonyl (C=O) groups excluding carboxylic acids is 1. The van der Waals surface area contributed by atoms with Gasteiger partial charge in [-0.05, 0) is 37.0 Å². The molecule has 0 saturated carbocycles. The Morgan fingerprint density at radius 3 is 2.76 bits per heavy atom. The van der Waals surface area contributed by atoms with Crippen molar-refractivity contribution in [1.82, 2.24) is 4.90 Å². The van der Waals surface area contributed by atoms with Gasteiger partial charge in [0.05, 0.1) is 19.3 Å². The van der Waals surface area contributed by atoms with E-state index in [1.165, 1.54) is 0 Å². The highest BCUT2D eigenvalue weighted by atomic mass is 16.5. The Morgan fingerprint density at radius 2 is 2.10 bits per heavy atom. The van der Waals surface area contributed by atoms with Crippen molar-refractivity contribution < 1.29 is 14.6 Å². The number of benzene rings is 1. The topological polar surface area (TPSA) is 49.8 Å². The fourth-order valence-electron chi connectivity index (χ4n) is 2.64. The number of aliphatic hydroxyl groups excluding tert-OH is 1. The predicted molar refractivity (Wildman–Crippen MR) is 82.2 cm³/mol. The minimum atomic E-state index is -0.639. The minimum absolute atomic E-state index is 0.0794. The van der Waals surface area contributed by atoms with Gasteiger partial charge in [0.2, 0.25) is 5.91 Å². The fourth-order valence-corrected chi connectivity index (χ4v) is 2.64. The molecule has 1 aliphatic rings. The Morgan fingerprint density at radius 1 is 1.38 bits per heavy atom. The predicted octanol–water partition coefficient (Wildman–Crippen LogP) is 2.77. The fraction of sp³-hybridized carbons (Fsp3) is 0.588. The summed E-state index contributed by atoms with van der Waals surface area (Å²) < 4.78 is 5.52. The van der Waals surface area contributed by atoms with E-state index in [1.54, 1.807) is 4.90 Å². The van der Waals surface area contributed by atoms with Crippen LogP contribution in [0.1, 0.15) is 44.8 Å². The third-order valence-corrected chi connectivity index (χ3v) is 3.93. The molecule has 0 radical (unpaired) electrons. The van der Waals surface area contributed by atoms with Crippen LogP contribution in [0.15, 0.2) is 24.3 Å². The number of piperidine rings is 1. The van der Waals surface area contributed by atoms with E-state index in [2.05, 4.69) is 6.92 Å². The summed E-state index contributed by atoms with van der Waals surface area (Å²) >= 11 is 0. The van der Waals surface area contributed by atoms with Gasteiger partial charge < -0.3 is 14.7 Å². The van der Waals surface area contributed by atoms with E-state index >= 15 is 0 Å². The number of likely N-dealkylation sites (tertiary alicyclic amines) is 1. The molecule has 2 unspecified atom stereocenters. The average Bonchev–Trinajstić information content (AvgIpc) is 2.50. The molecule has 0 aliphatic carbocycles. The Hall–Kier alpha value is -1.55. The zero-order chi connectivity index (χ0) is 15.2. The summed E-state index contributed by atoms with van der Waals surface area (Å²) in [6.07, 6.45) is 2.30. The molecule has 1 saturated heterocycles. The van der Waals surface area contributed by atoms with Crippen molar-refractivity contribution in [3.63, 3.8) is 0 Å². The molecule has 4 nitrogen and oxygen atoms in total. The monoisotopic (exact) mass is 291 g/mol. The lowest BCUT2D eigenvalue weighted by Gasteiger charge is -2.32. The van der Waals surface area contributed by atoms with Crippen LogP contribution in [0.4, 0.5) is 0 Å². The Balaban J connectivity index is 1.93. The second-order valence-electron chi connectivity index (χ2n) is 5.76. The van der Waals surface area contributed by atoms with Crippen LogP contribution in [0.5, 0.6) is 5.75 Å². The molecule has 1 N–H and O–H groups in total. The number of β-amino-alcohol motifs (C(OH)–C–C–N with tert-alkyl or cyclic N) is 1. The zero-order valence-electron chi connectivity index (χ0n) is 12.9.